The molecule has 0 amide bonds. The molecule has 0 spiro atoms. The summed E-state index contributed by atoms with van der Waals surface area (Å²) in [5.74, 6) is 2.99. The molecule has 0 aromatic carbocycles. The van der Waals surface area contributed by atoms with Crippen LogP contribution in [0, 0.1) is 23.7 Å². The summed E-state index contributed by atoms with van der Waals surface area (Å²) in [6.45, 7) is 29.1. The van der Waals surface area contributed by atoms with Crippen molar-refractivity contribution in [1.82, 2.24) is 0 Å². The van der Waals surface area contributed by atoms with Crippen molar-refractivity contribution < 1.29 is 14.3 Å². The van der Waals surface area contributed by atoms with E-state index in [4.69, 9.17) is 27.9 Å². The maximum atomic E-state index is 10.7. The van der Waals surface area contributed by atoms with Crippen LogP contribution in [0.2, 0.25) is 49.4 Å². The Morgan fingerprint density at radius 2 is 1.00 bits per heavy atom. The molecule has 1 heterocycles. The number of rotatable bonds is 18. The van der Waals surface area contributed by atoms with E-state index in [1.54, 1.807) is 0 Å². The molecule has 7 heteroatoms. The van der Waals surface area contributed by atoms with E-state index in [9.17, 15) is 9.59 Å². The quantitative estimate of drug-likeness (QED) is 0.0662. The Labute approximate surface area is 255 Å². The number of allylic oxidation sites excluding steroid dienone is 2. The van der Waals surface area contributed by atoms with Crippen LogP contribution in [0.4, 0.5) is 0 Å². The highest BCUT2D eigenvalue weighted by Crippen LogP contribution is 2.31. The van der Waals surface area contributed by atoms with Crippen LogP contribution in [-0.4, -0.2) is 53.7 Å². The first-order valence-electron chi connectivity index (χ1n) is 14.8. The molecule has 39 heavy (non-hydrogen) atoms. The van der Waals surface area contributed by atoms with Crippen molar-refractivity contribution in [2.75, 3.05) is 25.0 Å². The lowest BCUT2D eigenvalue weighted by Crippen LogP contribution is -2.34. The fourth-order valence-corrected chi connectivity index (χ4v) is 16.1. The maximum Gasteiger partial charge on any atom is 0.122 e. The van der Waals surface area contributed by atoms with Crippen LogP contribution in [0.1, 0.15) is 53.4 Å². The molecular formula is C32H62Cl2O3Si2. The molecule has 1 rings (SSSR count). The first kappa shape index (κ1) is 43.0. The number of alkyl halides is 2. The van der Waals surface area contributed by atoms with E-state index in [1.165, 1.54) is 31.0 Å². The monoisotopic (exact) mass is 620 g/mol. The molecule has 1 fully saturated rings. The summed E-state index contributed by atoms with van der Waals surface area (Å²) in [7, 11) is -2.65. The van der Waals surface area contributed by atoms with Crippen molar-refractivity contribution >= 4 is 51.9 Å². The minimum Gasteiger partial charge on any atom is -0.381 e. The smallest absolute Gasteiger partial charge is 0.122 e. The van der Waals surface area contributed by atoms with Crippen molar-refractivity contribution in [3.63, 3.8) is 0 Å². The van der Waals surface area contributed by atoms with Gasteiger partial charge in [0.05, 0.1) is 16.1 Å². The van der Waals surface area contributed by atoms with Gasteiger partial charge in [0.2, 0.25) is 0 Å². The van der Waals surface area contributed by atoms with Crippen LogP contribution in [0.15, 0.2) is 38.5 Å². The largest absolute Gasteiger partial charge is 0.381 e. The van der Waals surface area contributed by atoms with Gasteiger partial charge in [0, 0.05) is 36.8 Å². The first-order valence-corrected chi connectivity index (χ1v) is 22.1. The standard InChI is InChI=1S/C14H27ClSi.C12H23ClO2Si.C4H8O.C2H4/c1-6-13(3)11-16(5,10-8-9-15)12-14(4)7-2;1-11(7-14)9-16(3,6-4-5-13)10-12(2)8-15;1-2-4-5-3-1;1-2/h6-7,13-14H,1-2,8-12H2,3-5H3;7-8,11-12H,4-6,9-10H2,1-3H3;1-4H2;1-2H2. The normalized spacial score (nSPS) is 18.4. The Morgan fingerprint density at radius 1 is 0.692 bits per heavy atom. The third kappa shape index (κ3) is 26.2. The predicted octanol–water partition coefficient (Wildman–Crippen LogP) is 10.3. The van der Waals surface area contributed by atoms with Crippen LogP contribution < -0.4 is 0 Å². The van der Waals surface area contributed by atoms with Crippen LogP contribution in [0.3, 0.4) is 0 Å². The lowest BCUT2D eigenvalue weighted by molar-refractivity contribution is -0.110. The third-order valence-electron chi connectivity index (χ3n) is 7.18. The predicted molar refractivity (Wildman–Crippen MR) is 183 cm³/mol. The van der Waals surface area contributed by atoms with Crippen molar-refractivity contribution in [2.45, 2.75) is 103 Å². The summed E-state index contributed by atoms with van der Waals surface area (Å²) in [5, 5.41) is 0. The minimum absolute atomic E-state index is 0.117. The molecule has 1 saturated heterocycles. The van der Waals surface area contributed by atoms with Gasteiger partial charge < -0.3 is 14.3 Å². The molecule has 3 nitrogen and oxygen atoms in total. The molecule has 0 saturated carbocycles. The number of halogens is 2. The Balaban J connectivity index is -0.000000532. The van der Waals surface area contributed by atoms with Gasteiger partial charge in [0.15, 0.2) is 0 Å². The lowest BCUT2D eigenvalue weighted by Gasteiger charge is -2.31. The summed E-state index contributed by atoms with van der Waals surface area (Å²) in [6.07, 6.45) is 10.9. The highest BCUT2D eigenvalue weighted by molar-refractivity contribution is 6.79. The van der Waals surface area contributed by atoms with Crippen molar-refractivity contribution in [2.24, 2.45) is 23.7 Å². The van der Waals surface area contributed by atoms with Crippen LogP contribution in [-0.2, 0) is 14.3 Å². The van der Waals surface area contributed by atoms with E-state index in [-0.39, 0.29) is 11.8 Å². The average Bonchev–Trinajstić information content (AvgIpc) is 3.52. The molecule has 4 atom stereocenters. The zero-order valence-corrected chi connectivity index (χ0v) is 29.8. The second kappa shape index (κ2) is 27.7. The molecule has 0 N–H and O–H groups in total. The van der Waals surface area contributed by atoms with Gasteiger partial charge in [-0.3, -0.25) is 0 Å². The molecule has 0 aromatic heterocycles. The van der Waals surface area contributed by atoms with Gasteiger partial charge in [-0.05, 0) is 49.6 Å². The molecule has 0 aliphatic carbocycles. The number of carbonyl (C=O) groups is 2. The zero-order valence-electron chi connectivity index (χ0n) is 26.3. The van der Waals surface area contributed by atoms with E-state index in [0.29, 0.717) is 17.7 Å². The fraction of sp³-hybridized carbons (Fsp3) is 0.750. The van der Waals surface area contributed by atoms with Crippen LogP contribution >= 0.6 is 23.2 Å². The van der Waals surface area contributed by atoms with E-state index in [2.05, 4.69) is 65.4 Å². The highest BCUT2D eigenvalue weighted by Gasteiger charge is 2.30. The third-order valence-corrected chi connectivity index (χ3v) is 17.4. The summed E-state index contributed by atoms with van der Waals surface area (Å²) in [5.41, 5.74) is 0. The summed E-state index contributed by atoms with van der Waals surface area (Å²) in [6, 6.07) is 7.09. The fourth-order valence-electron chi connectivity index (χ4n) is 5.44. The maximum absolute atomic E-state index is 10.7. The van der Waals surface area contributed by atoms with Crippen molar-refractivity contribution in [1.29, 1.82) is 0 Å². The highest BCUT2D eigenvalue weighted by atomic mass is 35.5. The van der Waals surface area contributed by atoms with Crippen LogP contribution in [0.25, 0.3) is 0 Å². The first-order chi connectivity index (χ1) is 18.4. The summed E-state index contributed by atoms with van der Waals surface area (Å²) >= 11 is 11.6. The van der Waals surface area contributed by atoms with Gasteiger partial charge >= 0.3 is 0 Å². The second-order valence-corrected chi connectivity index (χ2v) is 22.6. The van der Waals surface area contributed by atoms with Crippen LogP contribution in [0.5, 0.6) is 0 Å². The van der Waals surface area contributed by atoms with Gasteiger partial charge in [-0.25, -0.2) is 0 Å². The number of hydrogen-bond acceptors (Lipinski definition) is 3. The molecule has 0 radical (unpaired) electrons. The Hall–Kier alpha value is -0.466. The van der Waals surface area contributed by atoms with E-state index >= 15 is 0 Å². The van der Waals surface area contributed by atoms with E-state index in [1.807, 2.05) is 13.8 Å². The van der Waals surface area contributed by atoms with Gasteiger partial charge in [-0.1, -0.05) is 77.1 Å². The molecule has 0 bridgehead atoms. The van der Waals surface area contributed by atoms with Gasteiger partial charge in [-0.2, -0.15) is 0 Å². The molecule has 0 aromatic rings. The van der Waals surface area contributed by atoms with Gasteiger partial charge in [0.25, 0.3) is 0 Å². The Kier molecular flexibility index (Phi) is 30.5. The van der Waals surface area contributed by atoms with Gasteiger partial charge in [0.1, 0.15) is 12.6 Å². The lowest BCUT2D eigenvalue weighted by atomic mass is 10.2. The topological polar surface area (TPSA) is 43.4 Å². The number of hydrogen-bond donors (Lipinski definition) is 0. The number of aldehydes is 2. The Morgan fingerprint density at radius 3 is 1.21 bits per heavy atom. The molecule has 1 aliphatic rings. The van der Waals surface area contributed by atoms with E-state index < -0.39 is 16.1 Å². The molecule has 4 unspecified atom stereocenters. The zero-order chi connectivity index (χ0) is 30.7. The number of carbonyl (C=O) groups excluding carboxylic acids is 2. The van der Waals surface area contributed by atoms with E-state index in [0.717, 1.165) is 62.6 Å². The molecule has 230 valence electrons. The minimum atomic E-state index is -1.49. The molecule has 1 aliphatic heterocycles. The summed E-state index contributed by atoms with van der Waals surface area (Å²) < 4.78 is 4.94. The Bertz CT molecular complexity index is 529. The molecular weight excluding hydrogens is 559 g/mol. The van der Waals surface area contributed by atoms with Crippen molar-refractivity contribution in [3.8, 4) is 0 Å². The number of ether oxygens (including phenoxy) is 1. The average molecular weight is 622 g/mol. The van der Waals surface area contributed by atoms with Gasteiger partial charge in [-0.15, -0.1) is 49.5 Å². The second-order valence-electron chi connectivity index (χ2n) is 12.0. The van der Waals surface area contributed by atoms with Crippen molar-refractivity contribution in [3.05, 3.63) is 38.5 Å². The summed E-state index contributed by atoms with van der Waals surface area (Å²) in [4.78, 5) is 21.5. The SMILES string of the molecule is C1CCOC1.C=C.C=CC(C)C[Si](C)(CCCCl)CC(C)C=C.CC(C=O)C[Si](C)(CCCCl)CC(C)C=O.